The van der Waals surface area contributed by atoms with E-state index in [-0.39, 0.29) is 11.5 Å². The topological polar surface area (TPSA) is 111 Å². The third-order valence-electron chi connectivity index (χ3n) is 3.42. The van der Waals surface area contributed by atoms with Crippen LogP contribution in [0, 0.1) is 0 Å². The van der Waals surface area contributed by atoms with Crippen molar-refractivity contribution in [2.24, 2.45) is 0 Å². The summed E-state index contributed by atoms with van der Waals surface area (Å²) in [6, 6.07) is 8.55. The predicted molar refractivity (Wildman–Crippen MR) is 89.2 cm³/mol. The number of nitrogens with one attached hydrogen (secondary N) is 2. The normalized spacial score (nSPS) is 12.1. The van der Waals surface area contributed by atoms with E-state index in [0.717, 1.165) is 0 Å². The molecule has 0 amide bonds. The van der Waals surface area contributed by atoms with Gasteiger partial charge in [0.15, 0.2) is 0 Å². The number of phenols is 2. The number of phenolic OH excluding ortho intramolecular Hbond substituents is 2. The molecule has 0 spiro atoms. The molecular weight excluding hydrogens is 308 g/mol. The lowest BCUT2D eigenvalue weighted by Crippen LogP contribution is -2.17. The zero-order valence-electron chi connectivity index (χ0n) is 13.3. The summed E-state index contributed by atoms with van der Waals surface area (Å²) in [7, 11) is 3.47. The Morgan fingerprint density at radius 2 is 1.17 bits per heavy atom. The van der Waals surface area contributed by atoms with Gasteiger partial charge in [-0.2, -0.15) is 0 Å². The lowest BCUT2D eigenvalue weighted by Gasteiger charge is -2.14. The van der Waals surface area contributed by atoms with Crippen LogP contribution in [-0.2, 0) is 0 Å². The molecule has 0 atom stereocenters. The molecule has 0 aliphatic heterocycles. The highest BCUT2D eigenvalue weighted by Gasteiger charge is 2.04. The van der Waals surface area contributed by atoms with Crippen LogP contribution < -0.4 is 20.8 Å². The average molecular weight is 326 g/mol. The van der Waals surface area contributed by atoms with Gasteiger partial charge in [0.2, 0.25) is 0 Å². The van der Waals surface area contributed by atoms with E-state index in [1.54, 1.807) is 38.4 Å². The summed E-state index contributed by atoms with van der Waals surface area (Å²) >= 11 is 0. The van der Waals surface area contributed by atoms with Gasteiger partial charge in [0.1, 0.15) is 11.5 Å². The van der Waals surface area contributed by atoms with E-state index in [9.17, 15) is 20.4 Å². The van der Waals surface area contributed by atoms with Crippen LogP contribution in [0.5, 0.6) is 23.0 Å². The van der Waals surface area contributed by atoms with E-state index in [2.05, 4.69) is 10.6 Å². The molecule has 0 aromatic heterocycles. The highest BCUT2D eigenvalue weighted by Crippen LogP contribution is 2.26. The first-order chi connectivity index (χ1) is 11.4. The maximum absolute atomic E-state index is 11.3. The smallest absolute Gasteiger partial charge is 0.108 e. The maximum Gasteiger partial charge on any atom is 0.108 e. The summed E-state index contributed by atoms with van der Waals surface area (Å²) in [5.74, 6) is -1.50. The van der Waals surface area contributed by atoms with Crippen molar-refractivity contribution in [3.63, 3.8) is 0 Å². The molecular formula is C18H18N2O4-2. The first-order valence-corrected chi connectivity index (χ1v) is 7.24. The van der Waals surface area contributed by atoms with Gasteiger partial charge in [0, 0.05) is 14.1 Å². The van der Waals surface area contributed by atoms with Gasteiger partial charge in [0.05, 0.1) is 11.4 Å². The van der Waals surface area contributed by atoms with Crippen molar-refractivity contribution in [3.8, 4) is 23.0 Å². The van der Waals surface area contributed by atoms with Crippen molar-refractivity contribution in [1.29, 1.82) is 0 Å². The SMILES string of the molecule is CNC(=Cc1ccc([O-])c(O)c1)C(=Cc1ccc([O-])c(O)c1)NC. The molecule has 0 unspecified atom stereocenters. The zero-order chi connectivity index (χ0) is 17.7. The number of benzene rings is 2. The molecule has 126 valence electrons. The summed E-state index contributed by atoms with van der Waals surface area (Å²) < 4.78 is 0. The van der Waals surface area contributed by atoms with Crippen LogP contribution in [0.15, 0.2) is 47.8 Å². The first kappa shape index (κ1) is 17.1. The Morgan fingerprint density at radius 3 is 1.46 bits per heavy atom. The Morgan fingerprint density at radius 1 is 0.792 bits per heavy atom. The number of hydrogen-bond donors (Lipinski definition) is 4. The van der Waals surface area contributed by atoms with Gasteiger partial charge in [-0.3, -0.25) is 0 Å². The molecule has 0 fully saturated rings. The molecule has 0 heterocycles. The van der Waals surface area contributed by atoms with Gasteiger partial charge in [-0.15, -0.1) is 0 Å². The molecule has 6 nitrogen and oxygen atoms in total. The van der Waals surface area contributed by atoms with E-state index in [1.165, 1.54) is 24.3 Å². The molecule has 2 aromatic carbocycles. The van der Waals surface area contributed by atoms with Crippen molar-refractivity contribution >= 4 is 12.2 Å². The summed E-state index contributed by atoms with van der Waals surface area (Å²) in [5, 5.41) is 47.6. The van der Waals surface area contributed by atoms with Crippen LogP contribution in [0.1, 0.15) is 11.1 Å². The summed E-state index contributed by atoms with van der Waals surface area (Å²) in [6.45, 7) is 0. The van der Waals surface area contributed by atoms with Crippen LogP contribution in [-0.4, -0.2) is 24.3 Å². The molecule has 2 rings (SSSR count). The Hall–Kier alpha value is -3.28. The number of rotatable bonds is 5. The first-order valence-electron chi connectivity index (χ1n) is 7.24. The second-order valence-corrected chi connectivity index (χ2v) is 5.07. The molecule has 0 saturated carbocycles. The highest BCUT2D eigenvalue weighted by atomic mass is 16.3. The van der Waals surface area contributed by atoms with Crippen LogP contribution in [0.3, 0.4) is 0 Å². The molecule has 24 heavy (non-hydrogen) atoms. The lowest BCUT2D eigenvalue weighted by molar-refractivity contribution is -0.270. The van der Waals surface area contributed by atoms with Gasteiger partial charge < -0.3 is 31.1 Å². The molecule has 0 saturated heterocycles. The molecule has 0 aliphatic rings. The number of likely N-dealkylation sites (N-methyl/N-ethyl adjacent to an activating group) is 2. The quantitative estimate of drug-likeness (QED) is 0.612. The molecule has 2 aromatic rings. The standard InChI is InChI=1S/C18H20N2O4/c1-19-13(7-11-3-5-15(21)17(23)9-11)14(20-2)8-12-4-6-16(22)18(24)10-12/h3-10,19-24H,1-2H3/p-2. The molecule has 6 heteroatoms. The average Bonchev–Trinajstić information content (AvgIpc) is 2.57. The van der Waals surface area contributed by atoms with Crippen LogP contribution >= 0.6 is 0 Å². The highest BCUT2D eigenvalue weighted by molar-refractivity contribution is 5.67. The summed E-state index contributed by atoms with van der Waals surface area (Å²) in [5.41, 5.74) is 2.69. The number of aromatic hydroxyl groups is 2. The fourth-order valence-corrected chi connectivity index (χ4v) is 2.15. The number of hydrogen-bond acceptors (Lipinski definition) is 6. The minimum atomic E-state index is -0.435. The Balaban J connectivity index is 2.41. The molecule has 0 bridgehead atoms. The Labute approximate surface area is 140 Å². The Kier molecular flexibility index (Phi) is 5.21. The van der Waals surface area contributed by atoms with Crippen molar-refractivity contribution in [2.75, 3.05) is 14.1 Å². The summed E-state index contributed by atoms with van der Waals surface area (Å²) in [6.07, 6.45) is 3.51. The van der Waals surface area contributed by atoms with E-state index in [4.69, 9.17) is 0 Å². The van der Waals surface area contributed by atoms with Crippen molar-refractivity contribution < 1.29 is 20.4 Å². The minimum Gasteiger partial charge on any atom is -0.870 e. The maximum atomic E-state index is 11.3. The molecule has 0 radical (unpaired) electrons. The van der Waals surface area contributed by atoms with Crippen molar-refractivity contribution in [3.05, 3.63) is 58.9 Å². The fourth-order valence-electron chi connectivity index (χ4n) is 2.15. The van der Waals surface area contributed by atoms with E-state index < -0.39 is 11.5 Å². The van der Waals surface area contributed by atoms with Crippen LogP contribution in [0.25, 0.3) is 12.2 Å². The van der Waals surface area contributed by atoms with Gasteiger partial charge in [-0.05, 0) is 35.4 Å². The van der Waals surface area contributed by atoms with Crippen LogP contribution in [0.4, 0.5) is 0 Å². The third kappa shape index (κ3) is 3.92. The van der Waals surface area contributed by atoms with E-state index >= 15 is 0 Å². The fraction of sp³-hybridized carbons (Fsp3) is 0.111. The lowest BCUT2D eigenvalue weighted by atomic mass is 10.1. The second kappa shape index (κ2) is 7.32. The van der Waals surface area contributed by atoms with Crippen molar-refractivity contribution in [1.82, 2.24) is 10.6 Å². The van der Waals surface area contributed by atoms with Crippen LogP contribution in [0.2, 0.25) is 0 Å². The van der Waals surface area contributed by atoms with Gasteiger partial charge >= 0.3 is 0 Å². The third-order valence-corrected chi connectivity index (χ3v) is 3.42. The molecule has 0 aliphatic carbocycles. The largest absolute Gasteiger partial charge is 0.870 e. The molecule has 4 N–H and O–H groups in total. The van der Waals surface area contributed by atoms with Gasteiger partial charge in [-0.25, -0.2) is 0 Å². The van der Waals surface area contributed by atoms with E-state index in [0.29, 0.717) is 22.5 Å². The second-order valence-electron chi connectivity index (χ2n) is 5.07. The Bertz CT molecular complexity index is 730. The minimum absolute atomic E-state index is 0.315. The van der Waals surface area contributed by atoms with E-state index in [1.807, 2.05) is 0 Å². The summed E-state index contributed by atoms with van der Waals surface area (Å²) in [4.78, 5) is 0. The van der Waals surface area contributed by atoms with Gasteiger partial charge in [-0.1, -0.05) is 35.8 Å². The van der Waals surface area contributed by atoms with Crippen molar-refractivity contribution in [2.45, 2.75) is 0 Å². The zero-order valence-corrected chi connectivity index (χ0v) is 13.3. The monoisotopic (exact) mass is 326 g/mol. The predicted octanol–water partition coefficient (Wildman–Crippen LogP) is 1.07. The van der Waals surface area contributed by atoms with Gasteiger partial charge in [0.25, 0.3) is 0 Å².